The zero-order chi connectivity index (χ0) is 22.7. The van der Waals surface area contributed by atoms with Crippen LogP contribution in [0.25, 0.3) is 0 Å². The molecular weight excluding hydrogens is 482 g/mol. The number of rotatable bonds is 5. The minimum atomic E-state index is -0.243. The molecule has 0 N–H and O–H groups in total. The van der Waals surface area contributed by atoms with Gasteiger partial charge in [-0.1, -0.05) is 30.4 Å². The van der Waals surface area contributed by atoms with Crippen molar-refractivity contribution in [2.24, 2.45) is 40.6 Å². The number of carbonyl (C=O) groups is 2. The van der Waals surface area contributed by atoms with Crippen molar-refractivity contribution < 1.29 is 14.3 Å². The molecular formula is C26H20BrN3O3. The van der Waals surface area contributed by atoms with Crippen molar-refractivity contribution >= 4 is 34.0 Å². The van der Waals surface area contributed by atoms with Gasteiger partial charge in [-0.05, 0) is 75.9 Å². The molecule has 5 aliphatic rings. The van der Waals surface area contributed by atoms with E-state index in [-0.39, 0.29) is 42.1 Å². The van der Waals surface area contributed by atoms with Gasteiger partial charge in [-0.3, -0.25) is 9.59 Å². The van der Waals surface area contributed by atoms with Crippen molar-refractivity contribution in [2.75, 3.05) is 0 Å². The molecule has 164 valence electrons. The lowest BCUT2D eigenvalue weighted by Crippen LogP contribution is -2.40. The molecule has 1 saturated heterocycles. The van der Waals surface area contributed by atoms with Crippen LogP contribution in [0, 0.1) is 46.8 Å². The smallest absolute Gasteiger partial charge is 0.254 e. The fraction of sp³-hybridized carbons (Fsp3) is 0.308. The number of halogens is 1. The second-order valence-corrected chi connectivity index (χ2v) is 9.99. The highest BCUT2D eigenvalue weighted by Crippen LogP contribution is 2.65. The van der Waals surface area contributed by atoms with Crippen LogP contribution >= 0.6 is 15.9 Å². The number of hydrogen-bond acceptors (Lipinski definition) is 5. The molecule has 7 rings (SSSR count). The summed E-state index contributed by atoms with van der Waals surface area (Å²) in [5, 5.41) is 14.6. The summed E-state index contributed by atoms with van der Waals surface area (Å²) < 4.78 is 6.59. The van der Waals surface area contributed by atoms with Gasteiger partial charge < -0.3 is 4.74 Å². The number of allylic oxidation sites excluding steroid dienone is 2. The zero-order valence-electron chi connectivity index (χ0n) is 17.6. The predicted octanol–water partition coefficient (Wildman–Crippen LogP) is 4.29. The quantitative estimate of drug-likeness (QED) is 0.347. The van der Waals surface area contributed by atoms with Gasteiger partial charge in [0.2, 0.25) is 0 Å². The summed E-state index contributed by atoms with van der Waals surface area (Å²) in [6.45, 7) is 0.272. The van der Waals surface area contributed by atoms with E-state index in [0.717, 1.165) is 27.0 Å². The highest BCUT2D eigenvalue weighted by atomic mass is 79.9. The number of imide groups is 1. The summed E-state index contributed by atoms with van der Waals surface area (Å²) in [6, 6.07) is 14.9. The molecule has 3 fully saturated rings. The van der Waals surface area contributed by atoms with E-state index in [0.29, 0.717) is 23.1 Å². The summed E-state index contributed by atoms with van der Waals surface area (Å²) in [5.74, 6) is 1.34. The SMILES string of the molecule is N#Cc1ccccc1COc1ccc(/C=N\N2C(=O)[C@@H]3[C@H]4C=C[C@@H]([C@@H]5C[C@H]45)[C@H]3C2=O)cc1Br. The molecule has 1 heterocycles. The Kier molecular flexibility index (Phi) is 4.73. The summed E-state index contributed by atoms with van der Waals surface area (Å²) in [6.07, 6.45) is 7.00. The molecule has 6 atom stereocenters. The topological polar surface area (TPSA) is 82.8 Å². The van der Waals surface area contributed by atoms with Crippen molar-refractivity contribution in [1.29, 1.82) is 5.26 Å². The second-order valence-electron chi connectivity index (χ2n) is 9.13. The average molecular weight is 502 g/mol. The van der Waals surface area contributed by atoms with E-state index < -0.39 is 0 Å². The monoisotopic (exact) mass is 501 g/mol. The molecule has 1 aliphatic heterocycles. The van der Waals surface area contributed by atoms with E-state index in [1.807, 2.05) is 30.3 Å². The molecule has 0 unspecified atom stereocenters. The number of ether oxygens (including phenoxy) is 1. The van der Waals surface area contributed by atoms with Crippen LogP contribution in [0.3, 0.4) is 0 Å². The molecule has 2 aromatic carbocycles. The maximum absolute atomic E-state index is 13.0. The van der Waals surface area contributed by atoms with Crippen LogP contribution in [-0.2, 0) is 16.2 Å². The van der Waals surface area contributed by atoms with Gasteiger partial charge >= 0.3 is 0 Å². The Morgan fingerprint density at radius 3 is 2.45 bits per heavy atom. The van der Waals surface area contributed by atoms with Gasteiger partial charge in [0.05, 0.1) is 34.2 Å². The highest BCUT2D eigenvalue weighted by Gasteiger charge is 2.67. The third kappa shape index (κ3) is 3.24. The minimum absolute atomic E-state index is 0.166. The molecule has 7 heteroatoms. The lowest BCUT2D eigenvalue weighted by molar-refractivity contribution is -0.140. The van der Waals surface area contributed by atoms with E-state index in [4.69, 9.17) is 4.74 Å². The molecule has 0 aromatic heterocycles. The lowest BCUT2D eigenvalue weighted by Gasteiger charge is -2.37. The Labute approximate surface area is 199 Å². The fourth-order valence-electron chi connectivity index (χ4n) is 5.80. The third-order valence-electron chi connectivity index (χ3n) is 7.44. The predicted molar refractivity (Wildman–Crippen MR) is 124 cm³/mol. The summed E-state index contributed by atoms with van der Waals surface area (Å²) in [5.41, 5.74) is 2.14. The Morgan fingerprint density at radius 2 is 1.79 bits per heavy atom. The van der Waals surface area contributed by atoms with Gasteiger partial charge in [0, 0.05) is 5.56 Å². The molecule has 6 nitrogen and oxygen atoms in total. The van der Waals surface area contributed by atoms with E-state index in [2.05, 4.69) is 39.3 Å². The molecule has 0 spiro atoms. The Hall–Kier alpha value is -3.24. The maximum atomic E-state index is 13.0. The fourth-order valence-corrected chi connectivity index (χ4v) is 6.32. The minimum Gasteiger partial charge on any atom is -0.488 e. The first-order valence-corrected chi connectivity index (χ1v) is 11.9. The first-order valence-electron chi connectivity index (χ1n) is 11.1. The average Bonchev–Trinajstić information content (AvgIpc) is 3.62. The van der Waals surface area contributed by atoms with Gasteiger partial charge in [-0.15, -0.1) is 0 Å². The van der Waals surface area contributed by atoms with Gasteiger partial charge in [0.1, 0.15) is 12.4 Å². The summed E-state index contributed by atoms with van der Waals surface area (Å²) in [7, 11) is 0. The summed E-state index contributed by atoms with van der Waals surface area (Å²) >= 11 is 3.51. The number of nitriles is 1. The molecule has 2 amide bonds. The first kappa shape index (κ1) is 20.4. The number of carbonyl (C=O) groups excluding carboxylic acids is 2. The standard InChI is InChI=1S/C26H20BrN3O3/c27-21-9-14(5-8-22(21)33-13-16-4-2-1-3-15(16)11-28)12-29-30-25(31)23-17-6-7-18(20-10-19(17)20)24(23)26(30)32/h1-9,12,17-20,23-24H,10,13H2/b29-12-/t17-,18-,19-,20+,23+,24+/m0/s1. The first-order chi connectivity index (χ1) is 16.1. The number of benzene rings is 2. The third-order valence-corrected chi connectivity index (χ3v) is 8.06. The van der Waals surface area contributed by atoms with Gasteiger partial charge in [-0.25, -0.2) is 0 Å². The van der Waals surface area contributed by atoms with E-state index in [9.17, 15) is 14.9 Å². The Balaban J connectivity index is 1.16. The van der Waals surface area contributed by atoms with E-state index in [1.165, 1.54) is 0 Å². The van der Waals surface area contributed by atoms with Crippen molar-refractivity contribution in [2.45, 2.75) is 13.0 Å². The molecule has 2 saturated carbocycles. The number of hydrogen-bond donors (Lipinski definition) is 0. The lowest BCUT2D eigenvalue weighted by atomic mass is 9.63. The van der Waals surface area contributed by atoms with Gasteiger partial charge in [0.25, 0.3) is 11.8 Å². The van der Waals surface area contributed by atoms with Crippen LogP contribution in [0.4, 0.5) is 0 Å². The normalized spacial score (nSPS) is 31.0. The van der Waals surface area contributed by atoms with Crippen LogP contribution in [-0.4, -0.2) is 23.0 Å². The van der Waals surface area contributed by atoms with Crippen molar-refractivity contribution in [3.63, 3.8) is 0 Å². The van der Waals surface area contributed by atoms with Crippen molar-refractivity contribution in [3.8, 4) is 11.8 Å². The van der Waals surface area contributed by atoms with Gasteiger partial charge in [-0.2, -0.15) is 15.4 Å². The van der Waals surface area contributed by atoms with Crippen molar-refractivity contribution in [3.05, 3.63) is 75.8 Å². The number of hydrazone groups is 1. The van der Waals surface area contributed by atoms with E-state index >= 15 is 0 Å². The van der Waals surface area contributed by atoms with Crippen LogP contribution in [0.15, 0.2) is 64.2 Å². The Morgan fingerprint density at radius 1 is 1.09 bits per heavy atom. The number of nitrogens with zero attached hydrogens (tertiary/aromatic N) is 3. The molecule has 4 aliphatic carbocycles. The molecule has 2 aromatic rings. The molecule has 0 radical (unpaired) electrons. The summed E-state index contributed by atoms with van der Waals surface area (Å²) in [4.78, 5) is 26.0. The maximum Gasteiger partial charge on any atom is 0.254 e. The number of amides is 2. The van der Waals surface area contributed by atoms with Crippen LogP contribution in [0.2, 0.25) is 0 Å². The highest BCUT2D eigenvalue weighted by molar-refractivity contribution is 9.10. The van der Waals surface area contributed by atoms with Gasteiger partial charge in [0.15, 0.2) is 0 Å². The van der Waals surface area contributed by atoms with Crippen LogP contribution < -0.4 is 4.74 Å². The Bertz CT molecular complexity index is 1240. The van der Waals surface area contributed by atoms with Crippen LogP contribution in [0.5, 0.6) is 5.75 Å². The second kappa shape index (κ2) is 7.67. The zero-order valence-corrected chi connectivity index (χ0v) is 19.2. The molecule has 2 bridgehead atoms. The van der Waals surface area contributed by atoms with E-state index in [1.54, 1.807) is 18.3 Å². The van der Waals surface area contributed by atoms with Crippen LogP contribution in [0.1, 0.15) is 23.1 Å². The largest absolute Gasteiger partial charge is 0.488 e. The molecule has 33 heavy (non-hydrogen) atoms. The van der Waals surface area contributed by atoms with Crippen molar-refractivity contribution in [1.82, 2.24) is 5.01 Å².